The molecule has 3 aromatic rings. The molecule has 1 unspecified atom stereocenters. The maximum atomic E-state index is 12.0. The molecular formula is C22H21ClN2O6S. The van der Waals surface area contributed by atoms with Crippen molar-refractivity contribution < 1.29 is 22.3 Å². The van der Waals surface area contributed by atoms with E-state index in [-0.39, 0.29) is 24.6 Å². The molecule has 10 heteroatoms. The minimum atomic E-state index is -3.99. The van der Waals surface area contributed by atoms with Gasteiger partial charge in [-0.1, -0.05) is 35.9 Å². The van der Waals surface area contributed by atoms with Crippen molar-refractivity contribution in [2.75, 3.05) is 5.75 Å². The van der Waals surface area contributed by atoms with Gasteiger partial charge >= 0.3 is 16.1 Å². The molecule has 0 N–H and O–H groups in total. The smallest absolute Gasteiger partial charge is 0.322 e. The number of nitrogens with zero attached hydrogens (tertiary/aromatic N) is 2. The average Bonchev–Trinajstić information content (AvgIpc) is 3.12. The van der Waals surface area contributed by atoms with Crippen LogP contribution in [0.2, 0.25) is 5.02 Å². The summed E-state index contributed by atoms with van der Waals surface area (Å²) in [7, 11) is -3.99. The van der Waals surface area contributed by atoms with Gasteiger partial charge in [0.25, 0.3) is 5.69 Å². The Balaban J connectivity index is 1.95. The fourth-order valence-corrected chi connectivity index (χ4v) is 4.33. The topological polar surface area (TPSA) is 109 Å². The van der Waals surface area contributed by atoms with E-state index in [4.69, 9.17) is 11.6 Å². The summed E-state index contributed by atoms with van der Waals surface area (Å²) in [6.45, 7) is 5.16. The van der Waals surface area contributed by atoms with Gasteiger partial charge in [0, 0.05) is 35.3 Å². The van der Waals surface area contributed by atoms with E-state index in [1.807, 2.05) is 11.5 Å². The molecule has 2 aromatic carbocycles. The number of aromatic nitrogens is 1. The van der Waals surface area contributed by atoms with Crippen molar-refractivity contribution in [3.8, 4) is 11.1 Å². The van der Waals surface area contributed by atoms with Crippen LogP contribution in [0, 0.1) is 10.1 Å². The van der Waals surface area contributed by atoms with Gasteiger partial charge in [-0.2, -0.15) is 8.42 Å². The van der Waals surface area contributed by atoms with E-state index < -0.39 is 26.8 Å². The molecule has 1 atom stereocenters. The molecule has 1 aromatic heterocycles. The molecule has 0 saturated heterocycles. The number of halogens is 1. The van der Waals surface area contributed by atoms with Gasteiger partial charge in [0.1, 0.15) is 5.75 Å². The van der Waals surface area contributed by atoms with Crippen LogP contribution in [0.1, 0.15) is 25.8 Å². The van der Waals surface area contributed by atoms with E-state index in [1.54, 1.807) is 42.6 Å². The number of hydrogen-bond acceptors (Lipinski definition) is 6. The first-order chi connectivity index (χ1) is 15.1. The zero-order valence-corrected chi connectivity index (χ0v) is 18.8. The van der Waals surface area contributed by atoms with Crippen LogP contribution in [0.3, 0.4) is 0 Å². The average molecular weight is 477 g/mol. The number of benzene rings is 2. The van der Waals surface area contributed by atoms with Crippen LogP contribution in [0.5, 0.6) is 0 Å². The van der Waals surface area contributed by atoms with E-state index >= 15 is 0 Å². The molecule has 0 aliphatic carbocycles. The summed E-state index contributed by atoms with van der Waals surface area (Å²) >= 11 is 5.99. The maximum Gasteiger partial charge on any atom is 0.322 e. The number of nitro groups is 1. The fourth-order valence-electron chi connectivity index (χ4n) is 3.49. The summed E-state index contributed by atoms with van der Waals surface area (Å²) in [4.78, 5) is 23.2. The lowest BCUT2D eigenvalue weighted by atomic mass is 10.0. The fraction of sp³-hybridized carbons (Fsp3) is 0.227. The molecule has 3 rings (SSSR count). The lowest BCUT2D eigenvalue weighted by Crippen LogP contribution is -2.16. The van der Waals surface area contributed by atoms with Crippen molar-refractivity contribution in [2.24, 2.45) is 0 Å². The van der Waals surface area contributed by atoms with Crippen molar-refractivity contribution in [2.45, 2.75) is 25.8 Å². The highest BCUT2D eigenvalue weighted by molar-refractivity contribution is 7.87. The number of non-ortho nitro benzene ring substituents is 1. The van der Waals surface area contributed by atoms with Crippen molar-refractivity contribution >= 4 is 44.3 Å². The standard InChI is InChI=1S/C22H21ClN2O6S/c1-3-13-32(29,30)31-21(26)12-7-15(2)24-14-18(16-8-10-17(23)11-9-16)22-19(24)5-4-6-20(22)25(27)28/h3-6,8-11,14-15H,1,7,12-13H2,2H3. The third-order valence-electron chi connectivity index (χ3n) is 4.97. The Labute approximate surface area is 190 Å². The van der Waals surface area contributed by atoms with Gasteiger partial charge in [0.05, 0.1) is 15.8 Å². The number of nitro benzene ring substituents is 1. The number of rotatable bonds is 9. The van der Waals surface area contributed by atoms with Crippen molar-refractivity contribution in [1.29, 1.82) is 0 Å². The van der Waals surface area contributed by atoms with Crippen LogP contribution in [0.15, 0.2) is 61.3 Å². The predicted molar refractivity (Wildman–Crippen MR) is 123 cm³/mol. The Hall–Kier alpha value is -3.17. The van der Waals surface area contributed by atoms with E-state index in [0.717, 1.165) is 11.6 Å². The Morgan fingerprint density at radius 1 is 1.28 bits per heavy atom. The van der Waals surface area contributed by atoms with Crippen LogP contribution in [0.25, 0.3) is 22.0 Å². The third-order valence-corrected chi connectivity index (χ3v) is 6.31. The number of carbonyl (C=O) groups is 1. The van der Waals surface area contributed by atoms with Crippen LogP contribution < -0.4 is 0 Å². The summed E-state index contributed by atoms with van der Waals surface area (Å²) in [5.41, 5.74) is 2.01. The van der Waals surface area contributed by atoms with Crippen LogP contribution in [-0.4, -0.2) is 29.6 Å². The Morgan fingerprint density at radius 2 is 1.97 bits per heavy atom. The molecule has 0 fully saturated rings. The van der Waals surface area contributed by atoms with E-state index in [2.05, 4.69) is 10.8 Å². The minimum Gasteiger partial charge on any atom is -0.345 e. The van der Waals surface area contributed by atoms with Gasteiger partial charge in [0.15, 0.2) is 0 Å². The molecule has 0 bridgehead atoms. The van der Waals surface area contributed by atoms with Crippen LogP contribution in [0.4, 0.5) is 5.69 Å². The quantitative estimate of drug-likeness (QED) is 0.180. The van der Waals surface area contributed by atoms with Crippen LogP contribution >= 0.6 is 11.6 Å². The van der Waals surface area contributed by atoms with Gasteiger partial charge < -0.3 is 8.75 Å². The van der Waals surface area contributed by atoms with Gasteiger partial charge in [0.2, 0.25) is 0 Å². The van der Waals surface area contributed by atoms with E-state index in [1.165, 1.54) is 6.07 Å². The Bertz CT molecular complexity index is 1280. The highest BCUT2D eigenvalue weighted by Gasteiger charge is 2.23. The molecule has 0 spiro atoms. The molecule has 168 valence electrons. The Morgan fingerprint density at radius 3 is 2.59 bits per heavy atom. The SMILES string of the molecule is C=CCS(=O)(=O)OC(=O)CCC(C)n1cc(-c2ccc(Cl)cc2)c2c([N+](=O)[O-])cccc21. The summed E-state index contributed by atoms with van der Waals surface area (Å²) < 4.78 is 29.6. The predicted octanol–water partition coefficient (Wildman–Crippen LogP) is 5.27. The molecule has 1 heterocycles. The Kier molecular flexibility index (Phi) is 7.00. The van der Waals surface area contributed by atoms with E-state index in [0.29, 0.717) is 21.5 Å². The molecule has 0 radical (unpaired) electrons. The first-order valence-electron chi connectivity index (χ1n) is 9.72. The van der Waals surface area contributed by atoms with Crippen LogP contribution in [-0.2, 0) is 19.1 Å². The number of hydrogen-bond donors (Lipinski definition) is 0. The minimum absolute atomic E-state index is 0.0340. The normalized spacial score (nSPS) is 12.4. The molecule has 0 amide bonds. The second kappa shape index (κ2) is 9.54. The van der Waals surface area contributed by atoms with Gasteiger partial charge in [-0.25, -0.2) is 0 Å². The first-order valence-corrected chi connectivity index (χ1v) is 11.7. The van der Waals surface area contributed by atoms with Crippen molar-refractivity contribution in [3.63, 3.8) is 0 Å². The summed E-state index contributed by atoms with van der Waals surface area (Å²) in [6.07, 6.45) is 3.07. The molecule has 0 aliphatic rings. The summed E-state index contributed by atoms with van der Waals surface area (Å²) in [5.74, 6) is -1.32. The summed E-state index contributed by atoms with van der Waals surface area (Å²) in [6, 6.07) is 11.5. The second-order valence-electron chi connectivity index (χ2n) is 7.24. The lowest BCUT2D eigenvalue weighted by Gasteiger charge is -2.15. The highest BCUT2D eigenvalue weighted by Crippen LogP contribution is 2.39. The monoisotopic (exact) mass is 476 g/mol. The molecular weight excluding hydrogens is 456 g/mol. The largest absolute Gasteiger partial charge is 0.345 e. The third kappa shape index (κ3) is 5.17. The second-order valence-corrected chi connectivity index (χ2v) is 9.29. The molecule has 8 nitrogen and oxygen atoms in total. The number of fused-ring (bicyclic) bond motifs is 1. The highest BCUT2D eigenvalue weighted by atomic mass is 35.5. The maximum absolute atomic E-state index is 12.0. The zero-order valence-electron chi connectivity index (χ0n) is 17.2. The molecule has 0 aliphatic heterocycles. The molecule has 32 heavy (non-hydrogen) atoms. The molecule has 0 saturated carbocycles. The van der Waals surface area contributed by atoms with E-state index in [9.17, 15) is 23.3 Å². The van der Waals surface area contributed by atoms with Gasteiger partial charge in [-0.05, 0) is 37.1 Å². The summed E-state index contributed by atoms with van der Waals surface area (Å²) in [5, 5.41) is 12.7. The lowest BCUT2D eigenvalue weighted by molar-refractivity contribution is -0.383. The van der Waals surface area contributed by atoms with Gasteiger partial charge in [-0.3, -0.25) is 14.9 Å². The first kappa shape index (κ1) is 23.5. The van der Waals surface area contributed by atoms with Crippen molar-refractivity contribution in [1.82, 2.24) is 4.57 Å². The zero-order chi connectivity index (χ0) is 23.5. The van der Waals surface area contributed by atoms with Gasteiger partial charge in [-0.15, -0.1) is 6.58 Å². The van der Waals surface area contributed by atoms with Crippen molar-refractivity contribution in [3.05, 3.63) is 76.5 Å². The number of carbonyl (C=O) groups excluding carboxylic acids is 1.